The van der Waals surface area contributed by atoms with Gasteiger partial charge in [-0.15, -0.1) is 9.90 Å². The van der Waals surface area contributed by atoms with Crippen LogP contribution in [0.1, 0.15) is 10.6 Å². The van der Waals surface area contributed by atoms with Crippen LogP contribution < -0.4 is 5.32 Å². The van der Waals surface area contributed by atoms with Crippen LogP contribution in [0.25, 0.3) is 17.5 Å². The Labute approximate surface area is 140 Å². The SMILES string of the molecule is C=Cn1nnc(NC(=O)c2ccc(-c3ccc(Cl)c(Cl)c3)o2)n1. The molecule has 116 valence electrons. The molecule has 2 heterocycles. The van der Waals surface area contributed by atoms with Crippen LogP contribution in [0.3, 0.4) is 0 Å². The number of halogens is 2. The zero-order chi connectivity index (χ0) is 16.4. The molecular formula is C14H9Cl2N5O2. The number of benzene rings is 1. The van der Waals surface area contributed by atoms with Crippen molar-refractivity contribution in [3.05, 3.63) is 52.7 Å². The predicted molar refractivity (Wildman–Crippen MR) is 86.3 cm³/mol. The Bertz CT molecular complexity index is 887. The molecule has 0 bridgehead atoms. The van der Waals surface area contributed by atoms with E-state index in [0.717, 1.165) is 4.80 Å². The van der Waals surface area contributed by atoms with Gasteiger partial charge in [0.05, 0.1) is 10.0 Å². The Morgan fingerprint density at radius 3 is 2.78 bits per heavy atom. The molecule has 0 aliphatic rings. The van der Waals surface area contributed by atoms with Gasteiger partial charge in [-0.25, -0.2) is 0 Å². The second-order valence-electron chi connectivity index (χ2n) is 4.36. The fourth-order valence-electron chi connectivity index (χ4n) is 1.78. The molecule has 0 spiro atoms. The summed E-state index contributed by atoms with van der Waals surface area (Å²) in [7, 11) is 0. The quantitative estimate of drug-likeness (QED) is 0.777. The molecule has 0 atom stereocenters. The minimum Gasteiger partial charge on any atom is -0.451 e. The maximum atomic E-state index is 12.1. The highest BCUT2D eigenvalue weighted by atomic mass is 35.5. The Morgan fingerprint density at radius 1 is 1.26 bits per heavy atom. The van der Waals surface area contributed by atoms with E-state index >= 15 is 0 Å². The van der Waals surface area contributed by atoms with E-state index in [-0.39, 0.29) is 11.7 Å². The van der Waals surface area contributed by atoms with E-state index in [0.29, 0.717) is 21.4 Å². The number of carbonyl (C=O) groups excluding carboxylic acids is 1. The molecule has 9 heteroatoms. The van der Waals surface area contributed by atoms with Crippen molar-refractivity contribution in [2.45, 2.75) is 0 Å². The summed E-state index contributed by atoms with van der Waals surface area (Å²) < 4.78 is 5.52. The van der Waals surface area contributed by atoms with E-state index in [1.807, 2.05) is 0 Å². The number of aromatic nitrogens is 4. The number of nitrogens with zero attached hydrogens (tertiary/aromatic N) is 4. The highest BCUT2D eigenvalue weighted by molar-refractivity contribution is 6.42. The monoisotopic (exact) mass is 349 g/mol. The number of anilines is 1. The van der Waals surface area contributed by atoms with E-state index in [1.54, 1.807) is 24.3 Å². The van der Waals surface area contributed by atoms with Crippen LogP contribution in [0, 0.1) is 0 Å². The fourth-order valence-corrected chi connectivity index (χ4v) is 2.08. The van der Waals surface area contributed by atoms with Crippen molar-refractivity contribution >= 4 is 41.3 Å². The number of amides is 1. The van der Waals surface area contributed by atoms with Gasteiger partial charge < -0.3 is 4.42 Å². The van der Waals surface area contributed by atoms with E-state index in [1.165, 1.54) is 12.3 Å². The van der Waals surface area contributed by atoms with E-state index < -0.39 is 5.91 Å². The van der Waals surface area contributed by atoms with Gasteiger partial charge >= 0.3 is 0 Å². The van der Waals surface area contributed by atoms with Crippen LogP contribution in [-0.4, -0.2) is 26.1 Å². The van der Waals surface area contributed by atoms with E-state index in [4.69, 9.17) is 27.6 Å². The molecule has 1 aromatic carbocycles. The van der Waals surface area contributed by atoms with Crippen molar-refractivity contribution in [1.29, 1.82) is 0 Å². The fraction of sp³-hybridized carbons (Fsp3) is 0. The van der Waals surface area contributed by atoms with E-state index in [2.05, 4.69) is 27.3 Å². The normalized spacial score (nSPS) is 10.5. The van der Waals surface area contributed by atoms with Gasteiger partial charge in [0, 0.05) is 11.8 Å². The summed E-state index contributed by atoms with van der Waals surface area (Å²) in [4.78, 5) is 13.2. The molecule has 7 nitrogen and oxygen atoms in total. The second kappa shape index (κ2) is 6.23. The van der Waals surface area contributed by atoms with Crippen molar-refractivity contribution in [2.75, 3.05) is 5.32 Å². The summed E-state index contributed by atoms with van der Waals surface area (Å²) in [6.45, 7) is 3.48. The molecule has 23 heavy (non-hydrogen) atoms. The first-order valence-electron chi connectivity index (χ1n) is 6.35. The minimum atomic E-state index is -0.500. The molecule has 0 unspecified atom stereocenters. The number of hydrogen-bond donors (Lipinski definition) is 1. The number of tetrazole rings is 1. The lowest BCUT2D eigenvalue weighted by molar-refractivity contribution is 0.0996. The molecular weight excluding hydrogens is 341 g/mol. The van der Waals surface area contributed by atoms with Gasteiger partial charge in [0.15, 0.2) is 5.76 Å². The highest BCUT2D eigenvalue weighted by Crippen LogP contribution is 2.29. The van der Waals surface area contributed by atoms with Gasteiger partial charge in [0.1, 0.15) is 5.76 Å². The lowest BCUT2D eigenvalue weighted by Gasteiger charge is -2.00. The van der Waals surface area contributed by atoms with Crippen LogP contribution in [0.15, 0.2) is 41.3 Å². The standard InChI is InChI=1S/C14H9Cl2N5O2/c1-2-21-19-14(18-20-21)17-13(22)12-6-5-11(23-12)8-3-4-9(15)10(16)7-8/h2-7H,1H2,(H,17,19,22). The third-order valence-electron chi connectivity index (χ3n) is 2.85. The molecule has 1 amide bonds. The lowest BCUT2D eigenvalue weighted by atomic mass is 10.2. The Balaban J connectivity index is 1.79. The van der Waals surface area contributed by atoms with Crippen LogP contribution in [0.4, 0.5) is 5.95 Å². The summed E-state index contributed by atoms with van der Waals surface area (Å²) in [5.41, 5.74) is 0.703. The van der Waals surface area contributed by atoms with Gasteiger partial charge in [-0.2, -0.15) is 0 Å². The molecule has 2 aromatic heterocycles. The van der Waals surface area contributed by atoms with Gasteiger partial charge in [0.25, 0.3) is 11.9 Å². The topological polar surface area (TPSA) is 85.8 Å². The largest absolute Gasteiger partial charge is 0.451 e. The number of nitrogens with one attached hydrogen (secondary N) is 1. The maximum Gasteiger partial charge on any atom is 0.293 e. The average molecular weight is 350 g/mol. The molecule has 0 radical (unpaired) electrons. The minimum absolute atomic E-state index is 0.0439. The Kier molecular flexibility index (Phi) is 4.14. The average Bonchev–Trinajstić information content (AvgIpc) is 3.19. The summed E-state index contributed by atoms with van der Waals surface area (Å²) in [5.74, 6) is 0.125. The number of furan rings is 1. The molecule has 0 fully saturated rings. The van der Waals surface area contributed by atoms with Crippen LogP contribution in [0.2, 0.25) is 10.0 Å². The van der Waals surface area contributed by atoms with Gasteiger partial charge in [-0.05, 0) is 35.5 Å². The summed E-state index contributed by atoms with van der Waals surface area (Å²) >= 11 is 11.8. The summed E-state index contributed by atoms with van der Waals surface area (Å²) in [5, 5.41) is 14.4. The first kappa shape index (κ1) is 15.3. The zero-order valence-corrected chi connectivity index (χ0v) is 13.0. The summed E-state index contributed by atoms with van der Waals surface area (Å²) in [6.07, 6.45) is 1.35. The zero-order valence-electron chi connectivity index (χ0n) is 11.5. The third kappa shape index (κ3) is 3.25. The summed E-state index contributed by atoms with van der Waals surface area (Å²) in [6, 6.07) is 8.24. The van der Waals surface area contributed by atoms with Crippen molar-refractivity contribution in [3.8, 4) is 11.3 Å². The molecule has 0 aliphatic carbocycles. The second-order valence-corrected chi connectivity index (χ2v) is 5.18. The first-order chi connectivity index (χ1) is 11.1. The third-order valence-corrected chi connectivity index (χ3v) is 3.59. The predicted octanol–water partition coefficient (Wildman–Crippen LogP) is 3.59. The van der Waals surface area contributed by atoms with Crippen LogP contribution in [-0.2, 0) is 0 Å². The Hall–Kier alpha value is -2.64. The number of carbonyl (C=O) groups is 1. The van der Waals surface area contributed by atoms with Crippen molar-refractivity contribution in [1.82, 2.24) is 20.2 Å². The van der Waals surface area contributed by atoms with Gasteiger partial charge in [-0.3, -0.25) is 10.1 Å². The van der Waals surface area contributed by atoms with Crippen molar-refractivity contribution in [2.24, 2.45) is 0 Å². The molecule has 3 aromatic rings. The molecule has 0 saturated carbocycles. The van der Waals surface area contributed by atoms with Crippen LogP contribution >= 0.6 is 23.2 Å². The molecule has 3 rings (SSSR count). The van der Waals surface area contributed by atoms with Gasteiger partial charge in [0.2, 0.25) is 0 Å². The Morgan fingerprint density at radius 2 is 2.09 bits per heavy atom. The smallest absolute Gasteiger partial charge is 0.293 e. The van der Waals surface area contributed by atoms with Crippen molar-refractivity contribution in [3.63, 3.8) is 0 Å². The highest BCUT2D eigenvalue weighted by Gasteiger charge is 2.15. The van der Waals surface area contributed by atoms with Crippen LogP contribution in [0.5, 0.6) is 0 Å². The number of rotatable bonds is 4. The van der Waals surface area contributed by atoms with E-state index in [9.17, 15) is 4.79 Å². The maximum absolute atomic E-state index is 12.1. The van der Waals surface area contributed by atoms with Gasteiger partial charge in [-0.1, -0.05) is 34.9 Å². The number of hydrogen-bond acceptors (Lipinski definition) is 5. The molecule has 0 saturated heterocycles. The molecule has 0 aliphatic heterocycles. The lowest BCUT2D eigenvalue weighted by Crippen LogP contribution is -2.12. The van der Waals surface area contributed by atoms with Crippen molar-refractivity contribution < 1.29 is 9.21 Å². The molecule has 1 N–H and O–H groups in total. The first-order valence-corrected chi connectivity index (χ1v) is 7.11.